The first-order chi connectivity index (χ1) is 9.29. The largest absolute Gasteiger partial charge is 0.423 e. The molecule has 0 spiro atoms. The minimum Gasteiger partial charge on any atom is -0.380 e. The van der Waals surface area contributed by atoms with E-state index in [2.05, 4.69) is 10.4 Å². The predicted octanol–water partition coefficient (Wildman–Crippen LogP) is 1.48. The molecular weight excluding hydrogens is 273 g/mol. The molecule has 0 radical (unpaired) electrons. The third-order valence-electron chi connectivity index (χ3n) is 3.55. The van der Waals surface area contributed by atoms with Crippen molar-refractivity contribution in [1.82, 2.24) is 9.78 Å². The van der Waals surface area contributed by atoms with E-state index in [-0.39, 0.29) is 17.8 Å². The molecule has 8 heteroatoms. The first-order valence-corrected chi connectivity index (χ1v) is 6.44. The molecular formula is C12H17F3N4O. The van der Waals surface area contributed by atoms with Gasteiger partial charge in [-0.05, 0) is 25.7 Å². The zero-order valence-electron chi connectivity index (χ0n) is 11.1. The number of rotatable bonds is 2. The van der Waals surface area contributed by atoms with Crippen LogP contribution in [0, 0.1) is 0 Å². The van der Waals surface area contributed by atoms with Gasteiger partial charge in [0.05, 0.1) is 11.9 Å². The molecule has 1 aromatic rings. The highest BCUT2D eigenvalue weighted by Crippen LogP contribution is 2.33. The van der Waals surface area contributed by atoms with Gasteiger partial charge in [0.15, 0.2) is 0 Å². The van der Waals surface area contributed by atoms with Gasteiger partial charge in [0, 0.05) is 19.1 Å². The zero-order chi connectivity index (χ0) is 14.9. The fourth-order valence-electron chi connectivity index (χ4n) is 2.41. The molecule has 1 aliphatic rings. The lowest BCUT2D eigenvalue weighted by molar-refractivity contribution is -0.138. The van der Waals surface area contributed by atoms with Gasteiger partial charge in [0.25, 0.3) is 5.56 Å². The van der Waals surface area contributed by atoms with Crippen LogP contribution < -0.4 is 16.6 Å². The number of nitrogens with zero attached hydrogens (tertiary/aromatic N) is 2. The molecule has 3 N–H and O–H groups in total. The molecule has 1 fully saturated rings. The fraction of sp³-hybridized carbons (Fsp3) is 0.667. The molecule has 1 saturated carbocycles. The third-order valence-corrected chi connectivity index (χ3v) is 3.55. The summed E-state index contributed by atoms with van der Waals surface area (Å²) in [7, 11) is 1.20. The Labute approximate surface area is 114 Å². The maximum atomic E-state index is 13.0. The summed E-state index contributed by atoms with van der Waals surface area (Å²) in [6.07, 6.45) is -0.750. The number of anilines is 1. The molecule has 1 aliphatic carbocycles. The van der Waals surface area contributed by atoms with Crippen LogP contribution in [0.3, 0.4) is 0 Å². The monoisotopic (exact) mass is 290 g/mol. The Kier molecular flexibility index (Phi) is 4.03. The second-order valence-corrected chi connectivity index (χ2v) is 5.12. The van der Waals surface area contributed by atoms with E-state index >= 15 is 0 Å². The molecule has 0 aromatic carbocycles. The predicted molar refractivity (Wildman–Crippen MR) is 68.3 cm³/mol. The summed E-state index contributed by atoms with van der Waals surface area (Å²) in [6.45, 7) is 0. The summed E-state index contributed by atoms with van der Waals surface area (Å²) in [5, 5.41) is 6.44. The highest BCUT2D eigenvalue weighted by molar-refractivity contribution is 5.50. The molecule has 20 heavy (non-hydrogen) atoms. The number of hydrogen-bond acceptors (Lipinski definition) is 4. The van der Waals surface area contributed by atoms with E-state index in [0.717, 1.165) is 19.0 Å². The second kappa shape index (κ2) is 5.43. The quantitative estimate of drug-likeness (QED) is 0.865. The topological polar surface area (TPSA) is 72.9 Å². The van der Waals surface area contributed by atoms with Crippen molar-refractivity contribution < 1.29 is 13.2 Å². The van der Waals surface area contributed by atoms with E-state index in [1.807, 2.05) is 0 Å². The maximum absolute atomic E-state index is 13.0. The van der Waals surface area contributed by atoms with Gasteiger partial charge in [-0.1, -0.05) is 0 Å². The van der Waals surface area contributed by atoms with Crippen LogP contribution >= 0.6 is 0 Å². The summed E-state index contributed by atoms with van der Waals surface area (Å²) in [5.41, 5.74) is 3.18. The van der Waals surface area contributed by atoms with Gasteiger partial charge >= 0.3 is 6.18 Å². The highest BCUT2D eigenvalue weighted by Gasteiger charge is 2.38. The Morgan fingerprint density at radius 3 is 2.50 bits per heavy atom. The molecule has 112 valence electrons. The minimum absolute atomic E-state index is 0.107. The van der Waals surface area contributed by atoms with E-state index in [1.165, 1.54) is 7.05 Å². The Morgan fingerprint density at radius 1 is 1.35 bits per heavy atom. The average molecular weight is 290 g/mol. The molecule has 0 amide bonds. The summed E-state index contributed by atoms with van der Waals surface area (Å²) < 4.78 is 39.7. The Hall–Kier alpha value is -1.57. The zero-order valence-corrected chi connectivity index (χ0v) is 11.1. The van der Waals surface area contributed by atoms with Crippen molar-refractivity contribution in [2.24, 2.45) is 12.8 Å². The summed E-state index contributed by atoms with van der Waals surface area (Å²) in [6, 6.07) is 0.00158. The van der Waals surface area contributed by atoms with Crippen molar-refractivity contribution in [2.45, 2.75) is 43.9 Å². The average Bonchev–Trinajstić information content (AvgIpc) is 2.35. The van der Waals surface area contributed by atoms with E-state index in [4.69, 9.17) is 5.73 Å². The van der Waals surface area contributed by atoms with Gasteiger partial charge in [-0.3, -0.25) is 4.79 Å². The lowest BCUT2D eigenvalue weighted by atomic mass is 9.91. The van der Waals surface area contributed by atoms with Gasteiger partial charge in [-0.2, -0.15) is 18.3 Å². The number of nitrogens with two attached hydrogens (primary N) is 1. The third kappa shape index (κ3) is 3.12. The summed E-state index contributed by atoms with van der Waals surface area (Å²) in [5.74, 6) is 0. The molecule has 0 aliphatic heterocycles. The van der Waals surface area contributed by atoms with E-state index in [1.54, 1.807) is 0 Å². The van der Waals surface area contributed by atoms with Gasteiger partial charge < -0.3 is 11.1 Å². The smallest absolute Gasteiger partial charge is 0.380 e. The Bertz CT molecular complexity index is 532. The molecule has 0 atom stereocenters. The van der Waals surface area contributed by atoms with Gasteiger partial charge in [-0.25, -0.2) is 4.68 Å². The molecule has 2 rings (SSSR count). The Morgan fingerprint density at radius 2 is 1.95 bits per heavy atom. The summed E-state index contributed by atoms with van der Waals surface area (Å²) in [4.78, 5) is 11.7. The lowest BCUT2D eigenvalue weighted by Gasteiger charge is -2.28. The summed E-state index contributed by atoms with van der Waals surface area (Å²) >= 11 is 0. The van der Waals surface area contributed by atoms with Crippen LogP contribution in [-0.4, -0.2) is 21.9 Å². The van der Waals surface area contributed by atoms with E-state index < -0.39 is 17.3 Å². The molecule has 1 aromatic heterocycles. The standard InChI is InChI=1S/C12H17F3N4O/c1-19-11(20)10(12(13,14)15)9(6-17-19)18-8-4-2-7(16)3-5-8/h6-8,18H,2-5,16H2,1H3. The maximum Gasteiger partial charge on any atom is 0.423 e. The molecule has 0 unspecified atom stereocenters. The van der Waals surface area contributed by atoms with Crippen LogP contribution in [0.4, 0.5) is 18.9 Å². The highest BCUT2D eigenvalue weighted by atomic mass is 19.4. The fourth-order valence-corrected chi connectivity index (χ4v) is 2.41. The van der Waals surface area contributed by atoms with Gasteiger partial charge in [0.2, 0.25) is 0 Å². The minimum atomic E-state index is -4.70. The first kappa shape index (κ1) is 14.8. The van der Waals surface area contributed by atoms with Crippen molar-refractivity contribution in [2.75, 3.05) is 5.32 Å². The molecule has 0 saturated heterocycles. The van der Waals surface area contributed by atoms with Crippen molar-refractivity contribution in [3.63, 3.8) is 0 Å². The van der Waals surface area contributed by atoms with Crippen molar-refractivity contribution in [1.29, 1.82) is 0 Å². The van der Waals surface area contributed by atoms with Gasteiger partial charge in [-0.15, -0.1) is 0 Å². The Balaban J connectivity index is 2.28. The SMILES string of the molecule is Cn1ncc(NC2CCC(N)CC2)c(C(F)(F)F)c1=O. The molecule has 0 bridgehead atoms. The molecule has 1 heterocycles. The number of alkyl halides is 3. The number of halogens is 3. The van der Waals surface area contributed by atoms with E-state index in [0.29, 0.717) is 17.5 Å². The normalized spacial score (nSPS) is 23.6. The van der Waals surface area contributed by atoms with Crippen LogP contribution in [0.25, 0.3) is 0 Å². The van der Waals surface area contributed by atoms with Gasteiger partial charge in [0.1, 0.15) is 5.56 Å². The first-order valence-electron chi connectivity index (χ1n) is 6.44. The van der Waals surface area contributed by atoms with E-state index in [9.17, 15) is 18.0 Å². The number of aromatic nitrogens is 2. The van der Waals surface area contributed by atoms with Crippen LogP contribution in [-0.2, 0) is 13.2 Å². The van der Waals surface area contributed by atoms with Crippen molar-refractivity contribution >= 4 is 5.69 Å². The van der Waals surface area contributed by atoms with Crippen LogP contribution in [0.15, 0.2) is 11.0 Å². The van der Waals surface area contributed by atoms with Crippen LogP contribution in [0.2, 0.25) is 0 Å². The van der Waals surface area contributed by atoms with Crippen LogP contribution in [0.5, 0.6) is 0 Å². The number of aryl methyl sites for hydroxylation is 1. The van der Waals surface area contributed by atoms with Crippen molar-refractivity contribution in [3.05, 3.63) is 22.1 Å². The second-order valence-electron chi connectivity index (χ2n) is 5.12. The number of hydrogen-bond donors (Lipinski definition) is 2. The van der Waals surface area contributed by atoms with Crippen molar-refractivity contribution in [3.8, 4) is 0 Å². The van der Waals surface area contributed by atoms with Crippen LogP contribution in [0.1, 0.15) is 31.2 Å². The lowest BCUT2D eigenvalue weighted by Crippen LogP contribution is -2.35. The molecule has 5 nitrogen and oxygen atoms in total. The number of nitrogens with one attached hydrogen (secondary N) is 1.